The van der Waals surface area contributed by atoms with E-state index < -0.39 is 0 Å². The van der Waals surface area contributed by atoms with Crippen LogP contribution in [0, 0.1) is 5.82 Å². The van der Waals surface area contributed by atoms with Crippen LogP contribution in [0.25, 0.3) is 0 Å². The Morgan fingerprint density at radius 3 is 2.75 bits per heavy atom. The summed E-state index contributed by atoms with van der Waals surface area (Å²) in [6.07, 6.45) is 2.72. The van der Waals surface area contributed by atoms with Gasteiger partial charge in [0.05, 0.1) is 18.3 Å². The lowest BCUT2D eigenvalue weighted by atomic mass is 9.97. The number of hydrogen-bond acceptors (Lipinski definition) is 4. The van der Waals surface area contributed by atoms with Crippen LogP contribution in [-0.4, -0.2) is 29.7 Å². The Morgan fingerprint density at radius 2 is 2.08 bits per heavy atom. The van der Waals surface area contributed by atoms with E-state index in [1.807, 2.05) is 12.1 Å². The highest BCUT2D eigenvalue weighted by Crippen LogP contribution is 2.40. The maximum Gasteiger partial charge on any atom is 0.224 e. The van der Waals surface area contributed by atoms with Crippen LogP contribution in [0.2, 0.25) is 5.28 Å². The lowest BCUT2D eigenvalue weighted by molar-refractivity contribution is 0.184. The van der Waals surface area contributed by atoms with Crippen molar-refractivity contribution in [2.75, 3.05) is 19.0 Å². The molecule has 0 fully saturated rings. The fraction of sp³-hybridized carbons (Fsp3) is 0.444. The molecule has 0 radical (unpaired) electrons. The third kappa shape index (κ3) is 3.52. The molecule has 2 atom stereocenters. The molecule has 0 amide bonds. The van der Waals surface area contributed by atoms with Crippen molar-refractivity contribution >= 4 is 17.4 Å². The van der Waals surface area contributed by atoms with Crippen molar-refractivity contribution in [1.29, 1.82) is 0 Å². The number of methoxy groups -OCH3 is 1. The van der Waals surface area contributed by atoms with Crippen molar-refractivity contribution in [2.45, 2.75) is 38.1 Å². The SMILES string of the molecule is CC[C@H](COC)Nc1nc(Cl)nc2c1CCC2c1ccc(F)cc1. The van der Waals surface area contributed by atoms with Crippen LogP contribution in [0.3, 0.4) is 0 Å². The summed E-state index contributed by atoms with van der Waals surface area (Å²) in [7, 11) is 1.69. The Morgan fingerprint density at radius 1 is 1.33 bits per heavy atom. The molecule has 2 aromatic rings. The van der Waals surface area contributed by atoms with Gasteiger partial charge in [-0.3, -0.25) is 0 Å². The Kier molecular flexibility index (Phi) is 5.31. The molecule has 0 spiro atoms. The van der Waals surface area contributed by atoms with Gasteiger partial charge < -0.3 is 10.1 Å². The standard InChI is InChI=1S/C18H21ClFN3O/c1-3-13(10-24-2)21-17-15-9-8-14(16(15)22-18(19)23-17)11-4-6-12(20)7-5-11/h4-7,13-14H,3,8-10H2,1-2H3,(H,21,22,23)/t13-,14?/m1/s1. The first-order valence-electron chi connectivity index (χ1n) is 8.19. The van der Waals surface area contributed by atoms with Crippen LogP contribution in [0.1, 0.15) is 42.5 Å². The predicted octanol–water partition coefficient (Wildman–Crippen LogP) is 4.18. The second-order valence-electron chi connectivity index (χ2n) is 6.05. The summed E-state index contributed by atoms with van der Waals surface area (Å²) >= 11 is 6.16. The Balaban J connectivity index is 1.93. The number of nitrogens with zero attached hydrogens (tertiary/aromatic N) is 2. The van der Waals surface area contributed by atoms with E-state index in [1.165, 1.54) is 12.1 Å². The lowest BCUT2D eigenvalue weighted by Crippen LogP contribution is -2.25. The topological polar surface area (TPSA) is 47.0 Å². The van der Waals surface area contributed by atoms with Crippen molar-refractivity contribution < 1.29 is 9.13 Å². The maximum atomic E-state index is 13.2. The van der Waals surface area contributed by atoms with Crippen molar-refractivity contribution in [3.63, 3.8) is 0 Å². The molecule has 0 bridgehead atoms. The van der Waals surface area contributed by atoms with Crippen LogP contribution >= 0.6 is 11.6 Å². The van der Waals surface area contributed by atoms with Gasteiger partial charge in [-0.05, 0) is 48.6 Å². The first kappa shape index (κ1) is 17.1. The minimum absolute atomic E-state index is 0.129. The molecule has 1 aliphatic rings. The lowest BCUT2D eigenvalue weighted by Gasteiger charge is -2.19. The number of aromatic nitrogens is 2. The Labute approximate surface area is 146 Å². The molecule has 1 aliphatic carbocycles. The molecule has 1 N–H and O–H groups in total. The molecule has 0 saturated carbocycles. The van der Waals surface area contributed by atoms with Gasteiger partial charge in [0.2, 0.25) is 5.28 Å². The molecule has 6 heteroatoms. The van der Waals surface area contributed by atoms with Gasteiger partial charge in [-0.2, -0.15) is 0 Å². The largest absolute Gasteiger partial charge is 0.383 e. The number of nitrogens with one attached hydrogen (secondary N) is 1. The van der Waals surface area contributed by atoms with Gasteiger partial charge in [0.15, 0.2) is 0 Å². The van der Waals surface area contributed by atoms with Crippen LogP contribution in [-0.2, 0) is 11.2 Å². The first-order chi connectivity index (χ1) is 11.6. The summed E-state index contributed by atoms with van der Waals surface area (Å²) < 4.78 is 18.4. The van der Waals surface area contributed by atoms with E-state index in [-0.39, 0.29) is 23.1 Å². The van der Waals surface area contributed by atoms with E-state index in [2.05, 4.69) is 22.2 Å². The van der Waals surface area contributed by atoms with Gasteiger partial charge in [-0.1, -0.05) is 19.1 Å². The zero-order valence-electron chi connectivity index (χ0n) is 13.9. The van der Waals surface area contributed by atoms with Gasteiger partial charge in [-0.25, -0.2) is 14.4 Å². The van der Waals surface area contributed by atoms with Crippen molar-refractivity contribution in [1.82, 2.24) is 9.97 Å². The van der Waals surface area contributed by atoms with Crippen molar-refractivity contribution in [3.8, 4) is 0 Å². The van der Waals surface area contributed by atoms with E-state index in [0.29, 0.717) is 6.61 Å². The first-order valence-corrected chi connectivity index (χ1v) is 8.57. The number of hydrogen-bond donors (Lipinski definition) is 1. The summed E-state index contributed by atoms with van der Waals surface area (Å²) in [5.41, 5.74) is 3.10. The third-order valence-electron chi connectivity index (χ3n) is 4.50. The number of benzene rings is 1. The molecular formula is C18H21ClFN3O. The zero-order chi connectivity index (χ0) is 17.1. The van der Waals surface area contributed by atoms with Crippen LogP contribution in [0.15, 0.2) is 24.3 Å². The second kappa shape index (κ2) is 7.45. The molecule has 1 unspecified atom stereocenters. The van der Waals surface area contributed by atoms with Gasteiger partial charge in [-0.15, -0.1) is 0 Å². The number of rotatable bonds is 6. The van der Waals surface area contributed by atoms with Crippen molar-refractivity contribution in [3.05, 3.63) is 52.2 Å². The molecule has 4 nitrogen and oxygen atoms in total. The molecule has 1 aromatic carbocycles. The summed E-state index contributed by atoms with van der Waals surface area (Å²) in [5, 5.41) is 3.67. The van der Waals surface area contributed by atoms with Gasteiger partial charge in [0.25, 0.3) is 0 Å². The fourth-order valence-corrected chi connectivity index (χ4v) is 3.40. The molecule has 128 valence electrons. The zero-order valence-corrected chi connectivity index (χ0v) is 14.6. The summed E-state index contributed by atoms with van der Waals surface area (Å²) in [6.45, 7) is 2.70. The minimum Gasteiger partial charge on any atom is -0.383 e. The Hall–Kier alpha value is -1.72. The van der Waals surface area contributed by atoms with Crippen LogP contribution < -0.4 is 5.32 Å². The number of anilines is 1. The average Bonchev–Trinajstić information content (AvgIpc) is 2.99. The van der Waals surface area contributed by atoms with E-state index in [0.717, 1.165) is 41.9 Å². The summed E-state index contributed by atoms with van der Waals surface area (Å²) in [6, 6.07) is 6.78. The van der Waals surface area contributed by atoms with E-state index in [1.54, 1.807) is 7.11 Å². The third-order valence-corrected chi connectivity index (χ3v) is 4.67. The molecule has 1 heterocycles. The molecule has 0 aliphatic heterocycles. The van der Waals surface area contributed by atoms with E-state index >= 15 is 0 Å². The van der Waals surface area contributed by atoms with Gasteiger partial charge >= 0.3 is 0 Å². The predicted molar refractivity (Wildman–Crippen MR) is 93.2 cm³/mol. The van der Waals surface area contributed by atoms with E-state index in [9.17, 15) is 4.39 Å². The highest BCUT2D eigenvalue weighted by molar-refractivity contribution is 6.28. The molecule has 0 saturated heterocycles. The fourth-order valence-electron chi connectivity index (χ4n) is 3.23. The number of halogens is 2. The molecule has 1 aromatic heterocycles. The maximum absolute atomic E-state index is 13.2. The highest BCUT2D eigenvalue weighted by Gasteiger charge is 2.29. The highest BCUT2D eigenvalue weighted by atomic mass is 35.5. The number of fused-ring (bicyclic) bond motifs is 1. The summed E-state index contributed by atoms with van der Waals surface area (Å²) in [5.74, 6) is 0.688. The molecular weight excluding hydrogens is 329 g/mol. The monoisotopic (exact) mass is 349 g/mol. The normalized spacial score (nSPS) is 17.6. The van der Waals surface area contributed by atoms with Crippen molar-refractivity contribution in [2.24, 2.45) is 0 Å². The minimum atomic E-state index is -0.231. The Bertz CT molecular complexity index is 708. The number of ether oxygens (including phenoxy) is 1. The second-order valence-corrected chi connectivity index (χ2v) is 6.39. The average molecular weight is 350 g/mol. The van der Waals surface area contributed by atoms with Gasteiger partial charge in [0, 0.05) is 18.6 Å². The van der Waals surface area contributed by atoms with Crippen LogP contribution in [0.4, 0.5) is 10.2 Å². The van der Waals surface area contributed by atoms with Crippen LogP contribution in [0.5, 0.6) is 0 Å². The van der Waals surface area contributed by atoms with E-state index in [4.69, 9.17) is 16.3 Å². The smallest absolute Gasteiger partial charge is 0.224 e. The summed E-state index contributed by atoms with van der Waals surface area (Å²) in [4.78, 5) is 8.85. The molecule has 3 rings (SSSR count). The van der Waals surface area contributed by atoms with Gasteiger partial charge in [0.1, 0.15) is 11.6 Å². The quantitative estimate of drug-likeness (QED) is 0.794. The molecule has 24 heavy (non-hydrogen) atoms.